The lowest BCUT2D eigenvalue weighted by atomic mass is 10.1. The fourth-order valence-electron chi connectivity index (χ4n) is 3.57. The largest absolute Gasteiger partial charge is 0.410 e. The molecule has 0 N–H and O–H groups in total. The molecule has 0 amide bonds. The van der Waals surface area contributed by atoms with Crippen LogP contribution in [-0.2, 0) is 4.43 Å². The Kier molecular flexibility index (Phi) is 5.47. The quantitative estimate of drug-likeness (QED) is 0.534. The molecule has 0 aliphatic heterocycles. The third-order valence-corrected chi connectivity index (χ3v) is 5.70. The lowest BCUT2D eigenvalue weighted by Gasteiger charge is -2.42. The highest BCUT2D eigenvalue weighted by molar-refractivity contribution is 6.22. The zero-order chi connectivity index (χ0) is 12.1. The molecule has 2 saturated carbocycles. The molecule has 0 atom stereocenters. The minimum atomic E-state index is -0.520. The summed E-state index contributed by atoms with van der Waals surface area (Å²) in [6, 6.07) is 1.64. The predicted octanol–water partition coefficient (Wildman–Crippen LogP) is 2.06. The Labute approximate surface area is 108 Å². The molecule has 2 aliphatic rings. The zero-order valence-corrected chi connectivity index (χ0v) is 12.9. The van der Waals surface area contributed by atoms with Crippen molar-refractivity contribution in [2.24, 2.45) is 0 Å². The van der Waals surface area contributed by atoms with E-state index in [4.69, 9.17) is 4.43 Å². The summed E-state index contributed by atoms with van der Waals surface area (Å²) in [5.41, 5.74) is 0. The fraction of sp³-hybridized carbons (Fsp3) is 1.00. The van der Waals surface area contributed by atoms with Gasteiger partial charge in [-0.3, -0.25) is 0 Å². The Morgan fingerprint density at radius 3 is 1.82 bits per heavy atom. The summed E-state index contributed by atoms with van der Waals surface area (Å²) in [6.07, 6.45) is 11.4. The Hall–Kier alpha value is 0.0969. The molecule has 2 rings (SSSR count). The standard InChI is InChI=1S/C13H28N2OSi/c1-3-14(17-16-2)15(12-8-4-5-9-12)13-10-6-7-11-13/h12-13H,3-11,17H2,1-2H3. The molecular weight excluding hydrogens is 228 g/mol. The van der Waals surface area contributed by atoms with Crippen LogP contribution in [0.3, 0.4) is 0 Å². The monoisotopic (exact) mass is 256 g/mol. The summed E-state index contributed by atoms with van der Waals surface area (Å²) < 4.78 is 8.09. The molecule has 4 heteroatoms. The van der Waals surface area contributed by atoms with E-state index >= 15 is 0 Å². The van der Waals surface area contributed by atoms with Crippen molar-refractivity contribution in [2.45, 2.75) is 70.4 Å². The van der Waals surface area contributed by atoms with E-state index in [-0.39, 0.29) is 0 Å². The van der Waals surface area contributed by atoms with Gasteiger partial charge in [-0.15, -0.1) is 0 Å². The van der Waals surface area contributed by atoms with Gasteiger partial charge in [-0.2, -0.15) is 0 Å². The topological polar surface area (TPSA) is 15.7 Å². The van der Waals surface area contributed by atoms with E-state index in [9.17, 15) is 0 Å². The van der Waals surface area contributed by atoms with Gasteiger partial charge in [0.1, 0.15) is 0 Å². The third kappa shape index (κ3) is 3.31. The smallest absolute Gasteiger partial charge is 0.251 e. The van der Waals surface area contributed by atoms with Crippen molar-refractivity contribution in [1.29, 1.82) is 0 Å². The van der Waals surface area contributed by atoms with Gasteiger partial charge in [-0.25, -0.2) is 9.68 Å². The Balaban J connectivity index is 2.03. The lowest BCUT2D eigenvalue weighted by Crippen LogP contribution is -2.54. The molecule has 0 unspecified atom stereocenters. The van der Waals surface area contributed by atoms with Crippen LogP contribution >= 0.6 is 0 Å². The lowest BCUT2D eigenvalue weighted by molar-refractivity contribution is -0.0343. The molecule has 0 heterocycles. The minimum Gasteiger partial charge on any atom is -0.410 e. The molecule has 17 heavy (non-hydrogen) atoms. The predicted molar refractivity (Wildman–Crippen MR) is 74.3 cm³/mol. The molecule has 3 nitrogen and oxygen atoms in total. The zero-order valence-electron chi connectivity index (χ0n) is 11.5. The van der Waals surface area contributed by atoms with E-state index in [1.54, 1.807) is 0 Å². The van der Waals surface area contributed by atoms with Crippen LogP contribution in [0.1, 0.15) is 58.3 Å². The number of hydrogen-bond acceptors (Lipinski definition) is 3. The maximum Gasteiger partial charge on any atom is 0.251 e. The molecule has 100 valence electrons. The van der Waals surface area contributed by atoms with Crippen molar-refractivity contribution in [1.82, 2.24) is 9.68 Å². The van der Waals surface area contributed by atoms with Crippen LogP contribution in [-0.4, -0.2) is 45.3 Å². The van der Waals surface area contributed by atoms with Gasteiger partial charge in [0.2, 0.25) is 0 Å². The number of rotatable bonds is 6. The van der Waals surface area contributed by atoms with E-state index in [0.717, 1.165) is 18.6 Å². The van der Waals surface area contributed by atoms with Crippen molar-refractivity contribution >= 4 is 9.92 Å². The first-order chi connectivity index (χ1) is 8.36. The summed E-state index contributed by atoms with van der Waals surface area (Å²) in [4.78, 5) is 0. The van der Waals surface area contributed by atoms with Crippen molar-refractivity contribution in [2.75, 3.05) is 13.7 Å². The van der Waals surface area contributed by atoms with E-state index < -0.39 is 9.92 Å². The molecule has 0 aromatic carbocycles. The second-order valence-electron chi connectivity index (χ2n) is 5.50. The molecule has 0 spiro atoms. The molecule has 2 fully saturated rings. The van der Waals surface area contributed by atoms with Gasteiger partial charge < -0.3 is 4.43 Å². The van der Waals surface area contributed by atoms with Gasteiger partial charge in [-0.1, -0.05) is 32.6 Å². The maximum atomic E-state index is 5.52. The van der Waals surface area contributed by atoms with Crippen LogP contribution in [0.25, 0.3) is 0 Å². The van der Waals surface area contributed by atoms with Crippen molar-refractivity contribution in [3.05, 3.63) is 0 Å². The Bertz CT molecular complexity index is 199. The van der Waals surface area contributed by atoms with Crippen LogP contribution in [0, 0.1) is 0 Å². The van der Waals surface area contributed by atoms with Gasteiger partial charge in [0, 0.05) is 25.7 Å². The first kappa shape index (κ1) is 13.5. The molecule has 0 radical (unpaired) electrons. The molecule has 0 saturated heterocycles. The number of nitrogens with zero attached hydrogens (tertiary/aromatic N) is 2. The highest BCUT2D eigenvalue weighted by Crippen LogP contribution is 2.32. The van der Waals surface area contributed by atoms with Gasteiger partial charge in [-0.05, 0) is 25.7 Å². The van der Waals surface area contributed by atoms with Crippen LogP contribution in [0.2, 0.25) is 0 Å². The second kappa shape index (κ2) is 6.88. The third-order valence-electron chi connectivity index (χ3n) is 4.37. The second-order valence-corrected chi connectivity index (χ2v) is 7.06. The van der Waals surface area contributed by atoms with Crippen LogP contribution in [0.4, 0.5) is 0 Å². The van der Waals surface area contributed by atoms with E-state index in [2.05, 4.69) is 16.6 Å². The van der Waals surface area contributed by atoms with Crippen LogP contribution < -0.4 is 0 Å². The fourth-order valence-corrected chi connectivity index (χ4v) is 4.64. The highest BCUT2D eigenvalue weighted by atomic mass is 28.2. The normalized spacial score (nSPS) is 24.0. The molecule has 0 aromatic rings. The Morgan fingerprint density at radius 1 is 1.00 bits per heavy atom. The number of hydrazine groups is 1. The summed E-state index contributed by atoms with van der Waals surface area (Å²) in [7, 11) is 1.35. The highest BCUT2D eigenvalue weighted by Gasteiger charge is 2.33. The maximum absolute atomic E-state index is 5.52. The van der Waals surface area contributed by atoms with E-state index in [0.29, 0.717) is 0 Å². The minimum absolute atomic E-state index is 0.520. The Morgan fingerprint density at radius 2 is 1.47 bits per heavy atom. The van der Waals surface area contributed by atoms with Gasteiger partial charge in [0.05, 0.1) is 0 Å². The first-order valence-corrected chi connectivity index (χ1v) is 8.60. The van der Waals surface area contributed by atoms with Gasteiger partial charge in [0.15, 0.2) is 0 Å². The van der Waals surface area contributed by atoms with Gasteiger partial charge >= 0.3 is 0 Å². The average molecular weight is 256 g/mol. The molecular formula is C13H28N2OSi. The van der Waals surface area contributed by atoms with E-state index in [1.807, 2.05) is 7.11 Å². The molecule has 0 bridgehead atoms. The summed E-state index contributed by atoms with van der Waals surface area (Å²) in [5, 5.41) is 2.76. The average Bonchev–Trinajstić information content (AvgIpc) is 3.01. The van der Waals surface area contributed by atoms with Crippen LogP contribution in [0.15, 0.2) is 0 Å². The SMILES string of the molecule is CCN([SiH2]OC)N(C1CCCC1)C1CCCC1. The van der Waals surface area contributed by atoms with Crippen LogP contribution in [0.5, 0.6) is 0 Å². The van der Waals surface area contributed by atoms with Gasteiger partial charge in [0.25, 0.3) is 9.92 Å². The summed E-state index contributed by atoms with van der Waals surface area (Å²) in [5.74, 6) is 0. The van der Waals surface area contributed by atoms with Crippen molar-refractivity contribution in [3.8, 4) is 0 Å². The summed E-state index contributed by atoms with van der Waals surface area (Å²) >= 11 is 0. The molecule has 0 aromatic heterocycles. The van der Waals surface area contributed by atoms with E-state index in [1.165, 1.54) is 51.4 Å². The first-order valence-electron chi connectivity index (χ1n) is 7.39. The molecule has 2 aliphatic carbocycles. The van der Waals surface area contributed by atoms with Crippen molar-refractivity contribution in [3.63, 3.8) is 0 Å². The number of hydrogen-bond donors (Lipinski definition) is 0. The van der Waals surface area contributed by atoms with Crippen molar-refractivity contribution < 1.29 is 4.43 Å². The summed E-state index contributed by atoms with van der Waals surface area (Å²) in [6.45, 7) is 3.41.